The van der Waals surface area contributed by atoms with Crippen molar-refractivity contribution in [2.45, 2.75) is 233 Å². The summed E-state index contributed by atoms with van der Waals surface area (Å²) >= 11 is 1.10. The van der Waals surface area contributed by atoms with Crippen molar-refractivity contribution in [1.29, 1.82) is 1.34 Å². The number of ether oxygens (including phenoxy) is 11. The van der Waals surface area contributed by atoms with Crippen LogP contribution in [0.2, 0.25) is 0 Å². The molecule has 85 heavy (non-hydrogen) atoms. The van der Waals surface area contributed by atoms with Crippen LogP contribution in [0.5, 0.6) is 17.2 Å². The van der Waals surface area contributed by atoms with Crippen LogP contribution in [0.4, 0.5) is 0 Å². The van der Waals surface area contributed by atoms with Gasteiger partial charge in [-0.3, -0.25) is 9.09 Å². The second-order valence-electron chi connectivity index (χ2n) is 21.9. The number of benzene rings is 1. The Kier molecular flexibility index (Phi) is 55.3. The van der Waals surface area contributed by atoms with E-state index in [0.717, 1.165) is 66.5 Å². The molecule has 0 aliphatic heterocycles. The predicted molar refractivity (Wildman–Crippen MR) is 348 cm³/mol. The number of rotatable bonds is 70. The summed E-state index contributed by atoms with van der Waals surface area (Å²) in [6.45, 7) is 18.1. The average Bonchev–Trinajstić information content (AvgIpc) is 2.62. The van der Waals surface area contributed by atoms with Crippen LogP contribution in [0.25, 0.3) is 0 Å². The van der Waals surface area contributed by atoms with Gasteiger partial charge in [-0.2, -0.15) is 11.6 Å². The molecule has 0 amide bonds. The molecule has 1 radical (unpaired) electrons. The third-order valence-electron chi connectivity index (χ3n) is 14.3. The zero-order valence-electron chi connectivity index (χ0n) is 55.2. The smallest absolute Gasteiger partial charge is 0.333 e. The zero-order valence-corrected chi connectivity index (χ0v) is 55.9. The predicted octanol–water partition coefficient (Wildman–Crippen LogP) is 15.6. The van der Waals surface area contributed by atoms with Gasteiger partial charge in [-0.1, -0.05) is 199 Å². The molecule has 0 N–H and O–H groups in total. The SMILES string of the molecule is [3H][B]SCOP(=O)(CCOCCOCCOCCOCCOCCOCCOCCOCc1cn(Cc2cc(OCCCCCCCCCCCC)c(OCCCCCCCCCCCC)c(OCCCCCCCCCCCC)c2)nn1)OCC. The summed E-state index contributed by atoms with van der Waals surface area (Å²) in [5.41, 5.74) is 1.78. The highest BCUT2D eigenvalue weighted by atomic mass is 32.2. The molecule has 495 valence electrons. The molecule has 0 aliphatic carbocycles. The van der Waals surface area contributed by atoms with Gasteiger partial charge >= 0.3 is 7.60 Å². The Labute approximate surface area is 524 Å². The van der Waals surface area contributed by atoms with Crippen molar-refractivity contribution in [2.75, 3.05) is 138 Å². The van der Waals surface area contributed by atoms with Gasteiger partial charge in [0.05, 0.1) is 157 Å². The minimum absolute atomic E-state index is 0.106. The van der Waals surface area contributed by atoms with Crippen LogP contribution in [0.3, 0.4) is 0 Å². The molecule has 0 spiro atoms. The Balaban J connectivity index is 1.73. The fraction of sp³-hybridized carbons (Fsp3) is 0.877. The van der Waals surface area contributed by atoms with E-state index in [2.05, 4.69) is 43.2 Å². The largest absolute Gasteiger partial charge is 0.490 e. The summed E-state index contributed by atoms with van der Waals surface area (Å²) in [4.78, 5) is 0. The van der Waals surface area contributed by atoms with E-state index >= 15 is 0 Å². The maximum atomic E-state index is 12.6. The third kappa shape index (κ3) is 48.5. The van der Waals surface area contributed by atoms with Crippen LogP contribution in [0, 0.1) is 0 Å². The summed E-state index contributed by atoms with van der Waals surface area (Å²) < 4.78 is 97.0. The molecular weight excluding hydrogens is 1120 g/mol. The standard InChI is InChI=1S/C65H122BN3O14PS/c1-5-9-12-15-18-21-24-27-30-33-36-79-63-55-61(56-64(80-37-34-31-28-25-22-19-16-13-10-6-2)65(63)81-38-35-32-29-26-23-20-17-14-11-7-3)57-69-58-62(67-68-69)59-78-52-51-76-48-47-74-44-43-72-40-39-71-41-42-73-45-46-75-49-50-77-53-54-84(70,82-8-4)83-60-85-66/h55-56,58,66H,5-54,57,59-60H2,1-4H3/i66T. The van der Waals surface area contributed by atoms with Crippen molar-refractivity contribution in [1.82, 2.24) is 15.0 Å². The first-order chi connectivity index (χ1) is 42.5. The Hall–Kier alpha value is -2.00. The van der Waals surface area contributed by atoms with Crippen molar-refractivity contribution >= 4 is 26.3 Å². The number of unbranched alkanes of at least 4 members (excludes halogenated alkanes) is 27. The Morgan fingerprint density at radius 1 is 0.447 bits per heavy atom. The van der Waals surface area contributed by atoms with E-state index in [1.165, 1.54) is 173 Å². The molecule has 1 atom stereocenters. The highest BCUT2D eigenvalue weighted by Crippen LogP contribution is 2.48. The van der Waals surface area contributed by atoms with Gasteiger partial charge in [-0.05, 0) is 45.2 Å². The fourth-order valence-electron chi connectivity index (χ4n) is 9.42. The van der Waals surface area contributed by atoms with Crippen LogP contribution in [-0.4, -0.2) is 161 Å². The van der Waals surface area contributed by atoms with Crippen LogP contribution in [-0.2, 0) is 64.7 Å². The van der Waals surface area contributed by atoms with E-state index in [4.69, 9.17) is 62.5 Å². The van der Waals surface area contributed by atoms with Gasteiger partial charge in [0.2, 0.25) is 5.75 Å². The zero-order chi connectivity index (χ0) is 61.6. The van der Waals surface area contributed by atoms with Crippen molar-refractivity contribution < 1.29 is 65.7 Å². The molecule has 0 saturated carbocycles. The lowest BCUT2D eigenvalue weighted by atomic mass is 10.1. The van der Waals surface area contributed by atoms with Crippen LogP contribution in [0.15, 0.2) is 18.3 Å². The van der Waals surface area contributed by atoms with E-state index in [1.807, 2.05) is 10.9 Å². The molecule has 1 heterocycles. The molecule has 1 aromatic carbocycles. The number of hydrogen-bond donors (Lipinski definition) is 0. The van der Waals surface area contributed by atoms with E-state index in [-0.39, 0.29) is 25.3 Å². The van der Waals surface area contributed by atoms with Crippen molar-refractivity contribution in [2.24, 2.45) is 0 Å². The molecule has 0 saturated heterocycles. The number of hydrogen-bond acceptors (Lipinski definition) is 17. The third-order valence-corrected chi connectivity index (χ3v) is 16.6. The van der Waals surface area contributed by atoms with Gasteiger partial charge in [0.25, 0.3) is 0 Å². The van der Waals surface area contributed by atoms with Crippen molar-refractivity contribution in [3.63, 3.8) is 0 Å². The Morgan fingerprint density at radius 3 is 1.18 bits per heavy atom. The lowest BCUT2D eigenvalue weighted by molar-refractivity contribution is -0.0234. The molecule has 0 aliphatic rings. The Morgan fingerprint density at radius 2 is 0.800 bits per heavy atom. The van der Waals surface area contributed by atoms with Gasteiger partial charge in [-0.25, -0.2) is 4.68 Å². The maximum Gasteiger partial charge on any atom is 0.333 e. The first-order valence-corrected chi connectivity index (χ1v) is 36.5. The lowest BCUT2D eigenvalue weighted by Crippen LogP contribution is -2.15. The highest BCUT2D eigenvalue weighted by Gasteiger charge is 2.23. The maximum absolute atomic E-state index is 12.6. The van der Waals surface area contributed by atoms with Crippen LogP contribution < -0.4 is 14.2 Å². The van der Waals surface area contributed by atoms with Gasteiger partial charge in [0, 0.05) is 0 Å². The second kappa shape index (κ2) is 60.9. The molecule has 2 rings (SSSR count). The quantitative estimate of drug-likeness (QED) is 0.0265. The monoisotopic (exact) mass is 1240 g/mol. The molecule has 0 bridgehead atoms. The van der Waals surface area contributed by atoms with E-state index in [1.54, 1.807) is 6.92 Å². The molecule has 17 nitrogen and oxygen atoms in total. The minimum atomic E-state index is -3.23. The number of nitrogens with zero attached hydrogens (tertiary/aromatic N) is 3. The molecule has 0 fully saturated rings. The molecular formula is C65H122BN3O14PS. The van der Waals surface area contributed by atoms with Gasteiger partial charge in [-0.15, -0.1) is 5.10 Å². The topological polar surface area (TPSA) is 168 Å². The summed E-state index contributed by atoms with van der Waals surface area (Å²) in [6, 6.07) is 4.24. The second-order valence-corrected chi connectivity index (χ2v) is 24.7. The minimum Gasteiger partial charge on any atom is -0.490 e. The lowest BCUT2D eigenvalue weighted by Gasteiger charge is -2.19. The molecule has 20 heteroatoms. The van der Waals surface area contributed by atoms with E-state index in [0.29, 0.717) is 125 Å². The summed E-state index contributed by atoms with van der Waals surface area (Å²) in [5, 5.41) is 8.90. The highest BCUT2D eigenvalue weighted by molar-refractivity contribution is 8.19. The van der Waals surface area contributed by atoms with Gasteiger partial charge in [0.15, 0.2) is 18.6 Å². The fourth-order valence-corrected chi connectivity index (χ4v) is 11.4. The molecule has 1 aromatic heterocycles. The summed E-state index contributed by atoms with van der Waals surface area (Å²) in [5.74, 6) is 2.37. The summed E-state index contributed by atoms with van der Waals surface area (Å²) in [6.07, 6.45) is 40.5. The van der Waals surface area contributed by atoms with Gasteiger partial charge < -0.3 is 56.6 Å². The average molecular weight is 1250 g/mol. The molecule has 2 aromatic rings. The van der Waals surface area contributed by atoms with E-state index < -0.39 is 7.60 Å². The number of aromatic nitrogens is 3. The summed E-state index contributed by atoms with van der Waals surface area (Å²) in [7, 11) is -2.10. The first-order valence-electron chi connectivity index (χ1n) is 34.3. The molecule has 1 unspecified atom stereocenters. The normalized spacial score (nSPS) is 12.5. The first kappa shape index (κ1) is 77.2. The van der Waals surface area contributed by atoms with Crippen LogP contribution >= 0.6 is 19.2 Å². The van der Waals surface area contributed by atoms with Crippen molar-refractivity contribution in [3.05, 3.63) is 29.6 Å². The van der Waals surface area contributed by atoms with Crippen molar-refractivity contribution in [3.8, 4) is 17.2 Å². The van der Waals surface area contributed by atoms with E-state index in [9.17, 15) is 4.57 Å². The van der Waals surface area contributed by atoms with Gasteiger partial charge in [0.1, 0.15) is 5.69 Å². The Bertz CT molecular complexity index is 1760. The van der Waals surface area contributed by atoms with Crippen LogP contribution in [0.1, 0.15) is 232 Å².